The average Bonchev–Trinajstić information content (AvgIpc) is 3.57. The molecule has 4 rings (SSSR count). The number of hydrogen-bond donors (Lipinski definition) is 2. The molecule has 0 saturated carbocycles. The Balaban J connectivity index is 1.51. The summed E-state index contributed by atoms with van der Waals surface area (Å²) in [5.41, 5.74) is 1.97. The Morgan fingerprint density at radius 1 is 0.898 bits per heavy atom. The predicted octanol–water partition coefficient (Wildman–Crippen LogP) is 6.80. The lowest BCUT2D eigenvalue weighted by atomic mass is 10.0. The van der Waals surface area contributed by atoms with E-state index >= 15 is 0 Å². The first-order chi connectivity index (χ1) is 23.3. The van der Waals surface area contributed by atoms with Crippen LogP contribution < -0.4 is 10.6 Å². The summed E-state index contributed by atoms with van der Waals surface area (Å²) in [6.07, 6.45) is 1.05. The van der Waals surface area contributed by atoms with Gasteiger partial charge in [0.1, 0.15) is 18.2 Å². The number of likely N-dealkylation sites (N-methyl/N-ethyl adjacent to an activating group) is 1. The summed E-state index contributed by atoms with van der Waals surface area (Å²) in [6, 6.07) is 19.9. The maximum absolute atomic E-state index is 13.6. The van der Waals surface area contributed by atoms with Crippen molar-refractivity contribution in [2.75, 3.05) is 32.0 Å². The van der Waals surface area contributed by atoms with Crippen LogP contribution in [-0.4, -0.2) is 72.0 Å². The normalized spacial score (nSPS) is 14.4. The first-order valence-electron chi connectivity index (χ1n) is 16.3. The molecule has 1 saturated heterocycles. The van der Waals surface area contributed by atoms with Gasteiger partial charge in [0.15, 0.2) is 0 Å². The number of halogens is 2. The molecule has 0 spiro atoms. The van der Waals surface area contributed by atoms with Crippen LogP contribution in [0.15, 0.2) is 72.8 Å². The number of likely N-dealkylation sites (tertiary alicyclic amines) is 1. The molecular formula is C37H44Cl2N4O6. The fourth-order valence-electron chi connectivity index (χ4n) is 5.46. The number of esters is 1. The number of anilines is 1. The minimum absolute atomic E-state index is 0.0260. The number of rotatable bonds is 13. The van der Waals surface area contributed by atoms with Gasteiger partial charge in [0.2, 0.25) is 11.8 Å². The number of ether oxygens (including phenoxy) is 2. The van der Waals surface area contributed by atoms with Crippen LogP contribution in [0.4, 0.5) is 10.5 Å². The van der Waals surface area contributed by atoms with E-state index in [0.717, 1.165) is 42.6 Å². The Morgan fingerprint density at radius 2 is 1.61 bits per heavy atom. The lowest BCUT2D eigenvalue weighted by Crippen LogP contribution is -2.47. The highest BCUT2D eigenvalue weighted by molar-refractivity contribution is 6.42. The SMILES string of the molecule is CN(C(=O)Cc1ccc(Cl)c(Cl)c1)[C@H](CN1CCCC1)c1cccc(NC(=O)[C@@H](CC(=O)OCc2ccccc2)NC(=O)OC(C)(C)C)c1. The monoisotopic (exact) mass is 710 g/mol. The number of amides is 3. The number of carbonyl (C=O) groups is 4. The Kier molecular flexibility index (Phi) is 13.5. The van der Waals surface area contributed by atoms with Gasteiger partial charge in [-0.1, -0.05) is 71.7 Å². The van der Waals surface area contributed by atoms with Crippen LogP contribution in [0, 0.1) is 0 Å². The second-order valence-corrected chi connectivity index (χ2v) is 13.9. The molecule has 1 fully saturated rings. The van der Waals surface area contributed by atoms with Gasteiger partial charge in [-0.2, -0.15) is 0 Å². The molecule has 262 valence electrons. The van der Waals surface area contributed by atoms with E-state index in [9.17, 15) is 19.2 Å². The molecule has 12 heteroatoms. The molecular weight excluding hydrogens is 667 g/mol. The minimum atomic E-state index is -1.28. The van der Waals surface area contributed by atoms with Gasteiger partial charge < -0.3 is 29.9 Å². The van der Waals surface area contributed by atoms with Crippen LogP contribution in [0.2, 0.25) is 10.0 Å². The van der Waals surface area contributed by atoms with Crippen LogP contribution in [0.5, 0.6) is 0 Å². The highest BCUT2D eigenvalue weighted by Gasteiger charge is 2.29. The lowest BCUT2D eigenvalue weighted by Gasteiger charge is -2.32. The van der Waals surface area contributed by atoms with Crippen molar-refractivity contribution in [3.05, 3.63) is 99.5 Å². The average molecular weight is 712 g/mol. The molecule has 2 N–H and O–H groups in total. The largest absolute Gasteiger partial charge is 0.461 e. The van der Waals surface area contributed by atoms with Crippen molar-refractivity contribution < 1.29 is 28.7 Å². The zero-order chi connectivity index (χ0) is 35.6. The van der Waals surface area contributed by atoms with Gasteiger partial charge in [-0.05, 0) is 87.7 Å². The highest BCUT2D eigenvalue weighted by Crippen LogP contribution is 2.28. The first kappa shape index (κ1) is 37.7. The van der Waals surface area contributed by atoms with Crippen LogP contribution in [0.3, 0.4) is 0 Å². The zero-order valence-electron chi connectivity index (χ0n) is 28.3. The first-order valence-corrected chi connectivity index (χ1v) is 17.0. The van der Waals surface area contributed by atoms with Gasteiger partial charge >= 0.3 is 12.1 Å². The van der Waals surface area contributed by atoms with Gasteiger partial charge in [0, 0.05) is 19.3 Å². The molecule has 1 aliphatic heterocycles. The van der Waals surface area contributed by atoms with Crippen molar-refractivity contribution in [3.63, 3.8) is 0 Å². The van der Waals surface area contributed by atoms with Crippen LogP contribution >= 0.6 is 23.2 Å². The summed E-state index contributed by atoms with van der Waals surface area (Å²) in [5.74, 6) is -1.39. The summed E-state index contributed by atoms with van der Waals surface area (Å²) < 4.78 is 10.8. The third-order valence-corrected chi connectivity index (χ3v) is 8.73. The van der Waals surface area contributed by atoms with E-state index in [-0.39, 0.29) is 25.0 Å². The molecule has 0 aliphatic carbocycles. The van der Waals surface area contributed by atoms with Crippen molar-refractivity contribution in [2.45, 2.75) is 70.7 Å². The third kappa shape index (κ3) is 12.1. The van der Waals surface area contributed by atoms with E-state index < -0.39 is 36.0 Å². The van der Waals surface area contributed by atoms with Gasteiger partial charge in [0.25, 0.3) is 0 Å². The molecule has 0 unspecified atom stereocenters. The quantitative estimate of drug-likeness (QED) is 0.188. The van der Waals surface area contributed by atoms with E-state index in [1.165, 1.54) is 0 Å². The molecule has 2 atom stereocenters. The van der Waals surface area contributed by atoms with Crippen molar-refractivity contribution >= 4 is 52.8 Å². The number of nitrogens with zero attached hydrogens (tertiary/aromatic N) is 2. The molecule has 3 amide bonds. The number of nitrogens with one attached hydrogen (secondary N) is 2. The van der Waals surface area contributed by atoms with Gasteiger partial charge in [-0.15, -0.1) is 0 Å². The molecule has 49 heavy (non-hydrogen) atoms. The maximum Gasteiger partial charge on any atom is 0.408 e. The Hall–Kier alpha value is -4.12. The third-order valence-electron chi connectivity index (χ3n) is 7.99. The highest BCUT2D eigenvalue weighted by atomic mass is 35.5. The molecule has 0 bridgehead atoms. The number of carbonyl (C=O) groups excluding carboxylic acids is 4. The van der Waals surface area contributed by atoms with E-state index in [4.69, 9.17) is 32.7 Å². The number of alkyl carbamates (subject to hydrolysis) is 1. The summed E-state index contributed by atoms with van der Waals surface area (Å²) in [4.78, 5) is 56.7. The minimum Gasteiger partial charge on any atom is -0.461 e. The van der Waals surface area contributed by atoms with Crippen LogP contribution in [0.1, 0.15) is 62.8 Å². The molecule has 0 aromatic heterocycles. The van der Waals surface area contributed by atoms with E-state index in [1.54, 1.807) is 69.1 Å². The zero-order valence-corrected chi connectivity index (χ0v) is 29.9. The molecule has 3 aromatic carbocycles. The fraction of sp³-hybridized carbons (Fsp3) is 0.405. The summed E-state index contributed by atoms with van der Waals surface area (Å²) in [6.45, 7) is 7.60. The van der Waals surface area contributed by atoms with Crippen LogP contribution in [0.25, 0.3) is 0 Å². The van der Waals surface area contributed by atoms with Crippen molar-refractivity contribution in [3.8, 4) is 0 Å². The van der Waals surface area contributed by atoms with Gasteiger partial charge in [-0.25, -0.2) is 4.79 Å². The van der Waals surface area contributed by atoms with E-state index in [2.05, 4.69) is 15.5 Å². The molecule has 10 nitrogen and oxygen atoms in total. The van der Waals surface area contributed by atoms with Gasteiger partial charge in [0.05, 0.1) is 28.9 Å². The smallest absolute Gasteiger partial charge is 0.408 e. The Morgan fingerprint density at radius 3 is 2.29 bits per heavy atom. The molecule has 3 aromatic rings. The van der Waals surface area contributed by atoms with Crippen molar-refractivity contribution in [1.29, 1.82) is 0 Å². The second kappa shape index (κ2) is 17.5. The summed E-state index contributed by atoms with van der Waals surface area (Å²) in [5, 5.41) is 6.16. The molecule has 1 heterocycles. The maximum atomic E-state index is 13.6. The Bertz CT molecular complexity index is 1610. The van der Waals surface area contributed by atoms with Crippen LogP contribution in [-0.2, 0) is 36.9 Å². The Labute approximate surface area is 298 Å². The van der Waals surface area contributed by atoms with E-state index in [1.807, 2.05) is 36.4 Å². The number of benzene rings is 3. The lowest BCUT2D eigenvalue weighted by molar-refractivity contribution is -0.146. The second-order valence-electron chi connectivity index (χ2n) is 13.1. The summed E-state index contributed by atoms with van der Waals surface area (Å²) >= 11 is 12.3. The van der Waals surface area contributed by atoms with Crippen molar-refractivity contribution in [2.24, 2.45) is 0 Å². The summed E-state index contributed by atoms with van der Waals surface area (Å²) in [7, 11) is 1.77. The fourth-order valence-corrected chi connectivity index (χ4v) is 5.78. The molecule has 1 aliphatic rings. The topological polar surface area (TPSA) is 117 Å². The van der Waals surface area contributed by atoms with Gasteiger partial charge in [-0.3, -0.25) is 14.4 Å². The predicted molar refractivity (Wildman–Crippen MR) is 190 cm³/mol. The van der Waals surface area contributed by atoms with E-state index in [0.29, 0.717) is 22.3 Å². The standard InChI is InChI=1S/C37H44Cl2N4O6/c1-37(2,3)49-36(47)41-31(22-34(45)48-24-25-11-6-5-7-12-25)35(46)40-28-14-10-13-27(21-28)32(23-43-17-8-9-18-43)42(4)33(44)20-26-15-16-29(38)30(39)19-26/h5-7,10-16,19,21,31-32H,8-9,17-18,20,22-24H2,1-4H3,(H,40,46)(H,41,47)/t31-,32-/m1/s1. The molecule has 0 radical (unpaired) electrons. The van der Waals surface area contributed by atoms with Crippen molar-refractivity contribution in [1.82, 2.24) is 15.1 Å². The number of hydrogen-bond acceptors (Lipinski definition) is 7.